The first-order chi connectivity index (χ1) is 21.9. The van der Waals surface area contributed by atoms with E-state index in [1.807, 2.05) is 26.1 Å². The topological polar surface area (TPSA) is 147 Å². The monoisotopic (exact) mass is 657 g/mol. The zero-order chi connectivity index (χ0) is 33.4. The molecule has 2 aromatic heterocycles. The Morgan fingerprint density at radius 3 is 2.57 bits per heavy atom. The lowest BCUT2D eigenvalue weighted by atomic mass is 10.0. The predicted octanol–water partition coefficient (Wildman–Crippen LogP) is 4.41. The third kappa shape index (κ3) is 9.05. The number of aliphatic hydroxyl groups excluding tert-OH is 1. The van der Waals surface area contributed by atoms with Gasteiger partial charge in [-0.2, -0.15) is 0 Å². The van der Waals surface area contributed by atoms with E-state index >= 15 is 0 Å². The van der Waals surface area contributed by atoms with Crippen LogP contribution in [0, 0.1) is 19.8 Å². The number of benzene rings is 1. The summed E-state index contributed by atoms with van der Waals surface area (Å²) in [5.74, 6) is 0.0411. The van der Waals surface area contributed by atoms with Crippen molar-refractivity contribution in [2.45, 2.75) is 83.6 Å². The standard InChI is InChI=1S/C33H47N5O7S/c1-22-18-38(23(2)21-39)33(40)29-17-28(36-46(41,42)32-25(4)35-45-26(32)5)10-11-30(29)44-24(3)9-7-8-16-43-31(22)20-37(6)19-27-12-14-34-15-13-27/h10-15,17,22-24,31,36,39H,7-9,16,18-21H2,1-6H3/t22-,23-,24-,31-/m1/s1. The van der Waals surface area contributed by atoms with Crippen LogP contribution in [0.2, 0.25) is 0 Å². The van der Waals surface area contributed by atoms with Crippen molar-refractivity contribution in [3.63, 3.8) is 0 Å². The van der Waals surface area contributed by atoms with Gasteiger partial charge in [0.15, 0.2) is 10.7 Å². The number of anilines is 1. The zero-order valence-corrected chi connectivity index (χ0v) is 28.4. The van der Waals surface area contributed by atoms with Gasteiger partial charge in [0.25, 0.3) is 15.9 Å². The summed E-state index contributed by atoms with van der Waals surface area (Å²) in [6.45, 7) is 10.9. The molecule has 3 heterocycles. The van der Waals surface area contributed by atoms with Crippen LogP contribution in [0.25, 0.3) is 0 Å². The summed E-state index contributed by atoms with van der Waals surface area (Å²) in [5.41, 5.74) is 1.76. The fourth-order valence-electron chi connectivity index (χ4n) is 5.68. The summed E-state index contributed by atoms with van der Waals surface area (Å²) < 4.78 is 46.9. The Morgan fingerprint density at radius 2 is 1.89 bits per heavy atom. The van der Waals surface area contributed by atoms with Crippen LogP contribution in [0.3, 0.4) is 0 Å². The second-order valence-corrected chi connectivity index (χ2v) is 13.9. The number of rotatable bonds is 9. The average molecular weight is 658 g/mol. The number of nitrogens with one attached hydrogen (secondary N) is 1. The number of carbonyl (C=O) groups excluding carboxylic acids is 1. The Bertz CT molecular complexity index is 1530. The van der Waals surface area contributed by atoms with E-state index in [0.717, 1.165) is 31.4 Å². The Morgan fingerprint density at radius 1 is 1.15 bits per heavy atom. The Hall–Kier alpha value is -3.52. The first-order valence-corrected chi connectivity index (χ1v) is 17.2. The molecule has 3 aromatic rings. The van der Waals surface area contributed by atoms with Gasteiger partial charge in [-0.3, -0.25) is 19.4 Å². The summed E-state index contributed by atoms with van der Waals surface area (Å²) >= 11 is 0. The van der Waals surface area contributed by atoms with E-state index in [1.165, 1.54) is 13.0 Å². The van der Waals surface area contributed by atoms with Crippen LogP contribution < -0.4 is 9.46 Å². The molecule has 1 aliphatic heterocycles. The fourth-order valence-corrected chi connectivity index (χ4v) is 7.07. The number of aryl methyl sites for hydroxylation is 2. The van der Waals surface area contributed by atoms with Gasteiger partial charge in [0.05, 0.1) is 30.4 Å². The maximum atomic E-state index is 14.4. The molecule has 252 valence electrons. The molecule has 0 aliphatic carbocycles. The van der Waals surface area contributed by atoms with E-state index in [1.54, 1.807) is 43.3 Å². The molecule has 4 atom stereocenters. The lowest BCUT2D eigenvalue weighted by Gasteiger charge is -2.36. The molecule has 0 spiro atoms. The quantitative estimate of drug-likeness (QED) is 0.339. The molecular formula is C33H47N5O7S. The highest BCUT2D eigenvalue weighted by atomic mass is 32.2. The normalized spacial score (nSPS) is 20.9. The van der Waals surface area contributed by atoms with Crippen molar-refractivity contribution < 1.29 is 32.3 Å². The van der Waals surface area contributed by atoms with Gasteiger partial charge < -0.3 is 24.0 Å². The minimum absolute atomic E-state index is 0.0481. The molecule has 1 aromatic carbocycles. The third-order valence-corrected chi connectivity index (χ3v) is 9.86. The van der Waals surface area contributed by atoms with E-state index in [0.29, 0.717) is 25.4 Å². The third-order valence-electron chi connectivity index (χ3n) is 8.23. The average Bonchev–Trinajstić information content (AvgIpc) is 3.37. The van der Waals surface area contributed by atoms with Gasteiger partial charge >= 0.3 is 0 Å². The molecule has 0 radical (unpaired) electrons. The number of likely N-dealkylation sites (N-methyl/N-ethyl adjacent to an activating group) is 1. The van der Waals surface area contributed by atoms with Crippen LogP contribution in [0.5, 0.6) is 5.75 Å². The van der Waals surface area contributed by atoms with Crippen molar-refractivity contribution in [3.05, 3.63) is 65.3 Å². The minimum atomic E-state index is -4.06. The molecule has 13 heteroatoms. The van der Waals surface area contributed by atoms with E-state index in [-0.39, 0.29) is 58.2 Å². The number of ether oxygens (including phenoxy) is 2. The number of hydrogen-bond acceptors (Lipinski definition) is 10. The van der Waals surface area contributed by atoms with Crippen molar-refractivity contribution in [1.82, 2.24) is 19.9 Å². The Labute approximate surface area is 272 Å². The van der Waals surface area contributed by atoms with Crippen molar-refractivity contribution in [2.24, 2.45) is 5.92 Å². The Balaban J connectivity index is 1.66. The smallest absolute Gasteiger partial charge is 0.267 e. The highest BCUT2D eigenvalue weighted by molar-refractivity contribution is 7.92. The van der Waals surface area contributed by atoms with Gasteiger partial charge in [0.2, 0.25) is 0 Å². The minimum Gasteiger partial charge on any atom is -0.490 e. The zero-order valence-electron chi connectivity index (χ0n) is 27.6. The van der Waals surface area contributed by atoms with Gasteiger partial charge in [-0.1, -0.05) is 12.1 Å². The molecule has 1 aliphatic rings. The highest BCUT2D eigenvalue weighted by Gasteiger charge is 2.31. The van der Waals surface area contributed by atoms with Crippen LogP contribution in [0.15, 0.2) is 52.1 Å². The van der Waals surface area contributed by atoms with Crippen LogP contribution in [-0.2, 0) is 21.3 Å². The summed E-state index contributed by atoms with van der Waals surface area (Å²) in [5, 5.41) is 14.0. The second kappa shape index (κ2) is 15.9. The summed E-state index contributed by atoms with van der Waals surface area (Å²) in [7, 11) is -2.01. The maximum absolute atomic E-state index is 14.4. The number of nitrogens with zero attached hydrogens (tertiary/aromatic N) is 4. The molecule has 0 saturated heterocycles. The summed E-state index contributed by atoms with van der Waals surface area (Å²) in [6.07, 6.45) is 5.65. The Kier molecular flexibility index (Phi) is 12.2. The molecule has 0 unspecified atom stereocenters. The summed E-state index contributed by atoms with van der Waals surface area (Å²) in [6, 6.07) is 8.13. The van der Waals surface area contributed by atoms with Crippen LogP contribution in [0.1, 0.15) is 67.4 Å². The van der Waals surface area contributed by atoms with Gasteiger partial charge in [0, 0.05) is 50.2 Å². The predicted molar refractivity (Wildman–Crippen MR) is 174 cm³/mol. The first kappa shape index (κ1) is 35.3. The molecule has 12 nitrogen and oxygen atoms in total. The number of sulfonamides is 1. The lowest BCUT2D eigenvalue weighted by Crippen LogP contribution is -2.47. The SMILES string of the molecule is Cc1noc(C)c1S(=O)(=O)Nc1ccc2c(c1)C(=O)N([C@H](C)CO)C[C@@H](C)[C@@H](CN(C)Cc1ccncc1)OCCCC[C@@H](C)O2. The van der Waals surface area contributed by atoms with E-state index < -0.39 is 16.1 Å². The number of pyridine rings is 1. The number of aliphatic hydroxyl groups is 1. The molecular weight excluding hydrogens is 610 g/mol. The van der Waals surface area contributed by atoms with Crippen molar-refractivity contribution >= 4 is 21.6 Å². The van der Waals surface area contributed by atoms with Gasteiger partial charge in [-0.05, 0) is 89.9 Å². The van der Waals surface area contributed by atoms with Gasteiger partial charge in [-0.15, -0.1) is 0 Å². The molecule has 0 fully saturated rings. The van der Waals surface area contributed by atoms with Crippen LogP contribution in [-0.4, -0.2) is 91.0 Å². The van der Waals surface area contributed by atoms with E-state index in [4.69, 9.17) is 14.0 Å². The number of fused-ring (bicyclic) bond motifs is 1. The number of carbonyl (C=O) groups is 1. The molecule has 0 bridgehead atoms. The molecule has 4 rings (SSSR count). The molecule has 0 saturated carbocycles. The van der Waals surface area contributed by atoms with Crippen LogP contribution in [0.4, 0.5) is 5.69 Å². The van der Waals surface area contributed by atoms with Crippen molar-refractivity contribution in [1.29, 1.82) is 0 Å². The highest BCUT2D eigenvalue weighted by Crippen LogP contribution is 2.30. The number of hydrogen-bond donors (Lipinski definition) is 2. The number of amides is 1. The number of aromatic nitrogens is 2. The lowest BCUT2D eigenvalue weighted by molar-refractivity contribution is -0.0177. The first-order valence-electron chi connectivity index (χ1n) is 15.8. The largest absolute Gasteiger partial charge is 0.490 e. The second-order valence-electron chi connectivity index (χ2n) is 12.3. The fraction of sp³-hybridized carbons (Fsp3) is 0.545. The molecule has 1 amide bonds. The molecule has 2 N–H and O–H groups in total. The summed E-state index contributed by atoms with van der Waals surface area (Å²) in [4.78, 5) is 22.2. The van der Waals surface area contributed by atoms with Crippen molar-refractivity contribution in [2.75, 3.05) is 38.1 Å². The van der Waals surface area contributed by atoms with E-state index in [2.05, 4.69) is 26.7 Å². The van der Waals surface area contributed by atoms with E-state index in [9.17, 15) is 18.3 Å². The van der Waals surface area contributed by atoms with Gasteiger partial charge in [0.1, 0.15) is 11.4 Å². The van der Waals surface area contributed by atoms with Crippen molar-refractivity contribution in [3.8, 4) is 5.75 Å². The van der Waals surface area contributed by atoms with Gasteiger partial charge in [-0.25, -0.2) is 8.42 Å². The maximum Gasteiger partial charge on any atom is 0.267 e. The molecule has 46 heavy (non-hydrogen) atoms. The van der Waals surface area contributed by atoms with Crippen LogP contribution >= 0.6 is 0 Å².